The maximum absolute atomic E-state index is 14.5. The smallest absolute Gasteiger partial charge is 0.269 e. The Morgan fingerprint density at radius 1 is 0.983 bits per heavy atom. The number of non-ortho nitro benzene ring substituents is 1. The van der Waals surface area contributed by atoms with E-state index >= 15 is 0 Å². The molecule has 0 saturated heterocycles. The number of nitrogens with zero attached hydrogens (tertiary/aromatic N) is 3. The Kier molecular flexibility index (Phi) is 15.7. The largest absolute Gasteiger partial charge is 0.490 e. The number of allylic oxidation sites excluding steroid dienone is 1. The number of nitro groups is 1. The highest BCUT2D eigenvalue weighted by Gasteiger charge is 2.65. The van der Waals surface area contributed by atoms with Crippen molar-refractivity contribution < 1.29 is 48.8 Å². The molecule has 0 bridgehead atoms. The van der Waals surface area contributed by atoms with Crippen LogP contribution >= 0.6 is 0 Å². The van der Waals surface area contributed by atoms with E-state index in [1.165, 1.54) is 12.1 Å². The molecule has 2 fully saturated rings. The lowest BCUT2D eigenvalue weighted by molar-refractivity contribution is -0.384. The number of ether oxygens (including phenoxy) is 4. The Bertz CT molecular complexity index is 1810. The van der Waals surface area contributed by atoms with Gasteiger partial charge in [-0.2, -0.15) is 0 Å². The minimum absolute atomic E-state index is 0.0238. The molecule has 2 aromatic rings. The molecule has 0 spiro atoms. The minimum Gasteiger partial charge on any atom is -0.490 e. The predicted octanol–water partition coefficient (Wildman–Crippen LogP) is 6.24. The zero-order valence-corrected chi connectivity index (χ0v) is 33.8. The maximum atomic E-state index is 14.5. The number of benzene rings is 2. The average Bonchev–Trinajstić information content (AvgIpc) is 4.10. The molecule has 6 rings (SSSR count). The van der Waals surface area contributed by atoms with Crippen LogP contribution in [0.25, 0.3) is 0 Å². The molecule has 0 radical (unpaired) electrons. The SMILES string of the molecule is C=CCOc1ccc2c(c1)C1C(CCCCO)C(CCCCO)C=C3C(=NOCc4ccc([N+](=O)[O-])cc4)CC(N(CCOCCO)C(=O)C4CC4)C(OCC=C)(O2)C31. The number of nitro benzene ring substituents is 1. The van der Waals surface area contributed by atoms with E-state index in [9.17, 15) is 30.2 Å². The van der Waals surface area contributed by atoms with Crippen LogP contribution in [0.4, 0.5) is 5.69 Å². The summed E-state index contributed by atoms with van der Waals surface area (Å²) in [5.41, 5.74) is 3.15. The predicted molar refractivity (Wildman–Crippen MR) is 221 cm³/mol. The highest BCUT2D eigenvalue weighted by molar-refractivity contribution is 6.03. The van der Waals surface area contributed by atoms with E-state index in [2.05, 4.69) is 19.2 Å². The van der Waals surface area contributed by atoms with Gasteiger partial charge in [-0.15, -0.1) is 6.58 Å². The molecule has 59 heavy (non-hydrogen) atoms. The molecule has 2 aromatic carbocycles. The molecule has 4 aliphatic rings. The van der Waals surface area contributed by atoms with Crippen LogP contribution in [0.3, 0.4) is 0 Å². The van der Waals surface area contributed by atoms with Crippen LogP contribution in [-0.2, 0) is 25.7 Å². The maximum Gasteiger partial charge on any atom is 0.269 e. The van der Waals surface area contributed by atoms with Crippen molar-refractivity contribution in [2.75, 3.05) is 52.8 Å². The standard InChI is InChI=1S/C45H59N3O11/c1-3-23-56-35-17-18-40-38(28-35)42-36(10-6-8-21-50)33(9-5-7-20-49)27-37-39(46-58-30-31-11-15-34(16-12-31)48(53)54)29-41(45(59-40,43(37)42)57-24-4-2)47(19-25-55-26-22-51)44(52)32-13-14-32/h3-4,11-12,15-18,27-28,32-33,36,41-43,49-51H,1-2,5-10,13-14,19-26,29-30H2. The van der Waals surface area contributed by atoms with Gasteiger partial charge in [0, 0.05) is 55.7 Å². The number of amides is 1. The second-order valence-corrected chi connectivity index (χ2v) is 15.7. The summed E-state index contributed by atoms with van der Waals surface area (Å²) in [4.78, 5) is 33.3. The fourth-order valence-corrected chi connectivity index (χ4v) is 9.11. The van der Waals surface area contributed by atoms with Gasteiger partial charge in [0.1, 0.15) is 30.8 Å². The molecule has 1 amide bonds. The normalized spacial score (nSPS) is 24.9. The van der Waals surface area contributed by atoms with Gasteiger partial charge < -0.3 is 44.0 Å². The summed E-state index contributed by atoms with van der Waals surface area (Å²) in [6, 6.07) is 11.3. The van der Waals surface area contributed by atoms with Crippen molar-refractivity contribution >= 4 is 17.3 Å². The van der Waals surface area contributed by atoms with Crippen LogP contribution in [0.15, 0.2) is 84.6 Å². The summed E-state index contributed by atoms with van der Waals surface area (Å²) < 4.78 is 26.1. The highest BCUT2D eigenvalue weighted by atomic mass is 16.7. The van der Waals surface area contributed by atoms with E-state index < -0.39 is 22.7 Å². The zero-order valence-electron chi connectivity index (χ0n) is 33.8. The Balaban J connectivity index is 1.54. The quantitative estimate of drug-likeness (QED) is 0.0447. The first-order chi connectivity index (χ1) is 28.8. The van der Waals surface area contributed by atoms with Crippen molar-refractivity contribution in [3.8, 4) is 11.5 Å². The zero-order chi connectivity index (χ0) is 41.8. The monoisotopic (exact) mass is 817 g/mol. The van der Waals surface area contributed by atoms with Crippen molar-refractivity contribution in [1.82, 2.24) is 4.90 Å². The third-order valence-corrected chi connectivity index (χ3v) is 11.9. The molecule has 320 valence electrons. The van der Waals surface area contributed by atoms with Gasteiger partial charge in [-0.25, -0.2) is 0 Å². The molecular formula is C45H59N3O11. The van der Waals surface area contributed by atoms with Gasteiger partial charge in [0.25, 0.3) is 5.69 Å². The molecule has 1 aliphatic heterocycles. The lowest BCUT2D eigenvalue weighted by Crippen LogP contribution is -2.70. The van der Waals surface area contributed by atoms with Gasteiger partial charge in [-0.3, -0.25) is 14.9 Å². The van der Waals surface area contributed by atoms with Gasteiger partial charge in [-0.1, -0.05) is 42.8 Å². The van der Waals surface area contributed by atoms with Crippen molar-refractivity contribution in [2.24, 2.45) is 28.8 Å². The first-order valence-electron chi connectivity index (χ1n) is 21.0. The van der Waals surface area contributed by atoms with E-state index in [1.807, 2.05) is 23.1 Å². The Labute approximate surface area is 346 Å². The number of rotatable bonds is 25. The third-order valence-electron chi connectivity index (χ3n) is 11.9. The van der Waals surface area contributed by atoms with Crippen molar-refractivity contribution in [2.45, 2.75) is 82.1 Å². The van der Waals surface area contributed by atoms with Gasteiger partial charge in [0.2, 0.25) is 11.7 Å². The summed E-state index contributed by atoms with van der Waals surface area (Å²) in [6.45, 7) is 8.87. The van der Waals surface area contributed by atoms with Crippen LogP contribution in [0.2, 0.25) is 0 Å². The number of unbranched alkanes of at least 4 members (excludes halogenated alkanes) is 2. The summed E-state index contributed by atoms with van der Waals surface area (Å²) in [7, 11) is 0. The molecule has 14 nitrogen and oxygen atoms in total. The number of aliphatic hydroxyl groups is 3. The topological polar surface area (TPSA) is 183 Å². The second-order valence-electron chi connectivity index (χ2n) is 15.7. The second kappa shape index (κ2) is 21.1. The number of fused-ring (bicyclic) bond motifs is 2. The Morgan fingerprint density at radius 3 is 2.41 bits per heavy atom. The highest BCUT2D eigenvalue weighted by Crippen LogP contribution is 2.62. The molecule has 14 heteroatoms. The number of carbonyl (C=O) groups is 1. The summed E-state index contributed by atoms with van der Waals surface area (Å²) in [5, 5.41) is 45.4. The number of carbonyl (C=O) groups excluding carboxylic acids is 1. The first-order valence-corrected chi connectivity index (χ1v) is 21.0. The summed E-state index contributed by atoms with van der Waals surface area (Å²) >= 11 is 0. The fraction of sp³-hybridized carbons (Fsp3) is 0.556. The molecule has 6 unspecified atom stereocenters. The number of hydrogen-bond acceptors (Lipinski definition) is 12. The van der Waals surface area contributed by atoms with Crippen LogP contribution in [0, 0.1) is 33.8 Å². The summed E-state index contributed by atoms with van der Waals surface area (Å²) in [6.07, 6.45) is 11.9. The number of oxime groups is 1. The lowest BCUT2D eigenvalue weighted by Gasteiger charge is -2.60. The van der Waals surface area contributed by atoms with E-state index in [0.29, 0.717) is 42.2 Å². The van der Waals surface area contributed by atoms with Crippen molar-refractivity contribution in [3.63, 3.8) is 0 Å². The van der Waals surface area contributed by atoms with Gasteiger partial charge in [0.05, 0.1) is 43.0 Å². The third kappa shape index (κ3) is 10.2. The summed E-state index contributed by atoms with van der Waals surface area (Å²) in [5.74, 6) is -0.933. The van der Waals surface area contributed by atoms with E-state index in [1.54, 1.807) is 24.3 Å². The lowest BCUT2D eigenvalue weighted by atomic mass is 9.55. The minimum atomic E-state index is -1.41. The number of hydrogen-bond donors (Lipinski definition) is 3. The average molecular weight is 818 g/mol. The van der Waals surface area contributed by atoms with Crippen LogP contribution in [0.1, 0.15) is 74.8 Å². The molecule has 0 aromatic heterocycles. The van der Waals surface area contributed by atoms with E-state index in [0.717, 1.165) is 49.7 Å². The van der Waals surface area contributed by atoms with E-state index in [4.69, 9.17) is 28.9 Å². The van der Waals surface area contributed by atoms with Crippen LogP contribution in [0.5, 0.6) is 11.5 Å². The fourth-order valence-electron chi connectivity index (χ4n) is 9.11. The molecule has 6 atom stereocenters. The molecular weight excluding hydrogens is 759 g/mol. The van der Waals surface area contributed by atoms with Crippen LogP contribution < -0.4 is 9.47 Å². The van der Waals surface area contributed by atoms with E-state index in [-0.39, 0.29) is 94.5 Å². The Hall–Kier alpha value is -4.60. The van der Waals surface area contributed by atoms with Crippen molar-refractivity contribution in [1.29, 1.82) is 0 Å². The van der Waals surface area contributed by atoms with Crippen molar-refractivity contribution in [3.05, 3.63) is 101 Å². The molecule has 2 saturated carbocycles. The molecule has 3 N–H and O–H groups in total. The van der Waals surface area contributed by atoms with Gasteiger partial charge in [-0.05, 0) is 91.8 Å². The first kappa shape index (κ1) is 44.0. The molecule has 3 aliphatic carbocycles. The number of aliphatic hydroxyl groups excluding tert-OH is 3. The molecule has 1 heterocycles. The van der Waals surface area contributed by atoms with Crippen LogP contribution in [-0.4, -0.2) is 101 Å². The van der Waals surface area contributed by atoms with Gasteiger partial charge >= 0.3 is 0 Å². The Morgan fingerprint density at radius 2 is 1.73 bits per heavy atom. The van der Waals surface area contributed by atoms with Gasteiger partial charge in [0.15, 0.2) is 0 Å².